The van der Waals surface area contributed by atoms with E-state index >= 15 is 0 Å². The van der Waals surface area contributed by atoms with Crippen LogP contribution in [0.2, 0.25) is 0 Å². The lowest BCUT2D eigenvalue weighted by Gasteiger charge is -2.04. The van der Waals surface area contributed by atoms with Gasteiger partial charge in [-0.1, -0.05) is 6.08 Å². The number of hydrogen-bond donors (Lipinski definition) is 1. The van der Waals surface area contributed by atoms with Crippen LogP contribution >= 0.6 is 0 Å². The molecular weight excluding hydrogens is 250 g/mol. The summed E-state index contributed by atoms with van der Waals surface area (Å²) in [7, 11) is -4.28. The fourth-order valence-corrected chi connectivity index (χ4v) is 2.01. The van der Waals surface area contributed by atoms with Crippen LogP contribution in [0.1, 0.15) is 0 Å². The van der Waals surface area contributed by atoms with Gasteiger partial charge in [-0.15, -0.1) is 6.58 Å². The molecule has 92 valence electrons. The second-order valence-electron chi connectivity index (χ2n) is 2.87. The molecule has 0 unspecified atom stereocenters. The molecule has 1 rings (SSSR count). The Kier molecular flexibility index (Phi) is 3.76. The average Bonchev–Trinajstić information content (AvgIpc) is 2.26. The van der Waals surface area contributed by atoms with Crippen molar-refractivity contribution in [3.8, 4) is 0 Å². The minimum Gasteiger partial charge on any atom is -0.396 e. The van der Waals surface area contributed by atoms with Crippen LogP contribution < -0.4 is 5.73 Å². The van der Waals surface area contributed by atoms with Gasteiger partial charge in [-0.2, -0.15) is 8.42 Å². The zero-order valence-electron chi connectivity index (χ0n) is 8.57. The molecule has 2 N–H and O–H groups in total. The summed E-state index contributed by atoms with van der Waals surface area (Å²) in [5, 5.41) is 10.6. The summed E-state index contributed by atoms with van der Waals surface area (Å²) in [6, 6.07) is 0.920. The van der Waals surface area contributed by atoms with Crippen LogP contribution in [0.4, 0.5) is 11.5 Å². The SMILES string of the molecule is C=CCOS(=O)(=O)c1cc(N)cnc1[N+](=O)[O-]. The normalized spacial score (nSPS) is 11.1. The lowest BCUT2D eigenvalue weighted by molar-refractivity contribution is -0.392. The topological polar surface area (TPSA) is 125 Å². The summed E-state index contributed by atoms with van der Waals surface area (Å²) in [6.45, 7) is 2.97. The molecular formula is C8H9N3O5S. The number of nitrogen functional groups attached to an aromatic ring is 1. The van der Waals surface area contributed by atoms with Gasteiger partial charge in [0.15, 0.2) is 11.1 Å². The summed E-state index contributed by atoms with van der Waals surface area (Å²) < 4.78 is 27.7. The number of nitrogens with two attached hydrogens (primary N) is 1. The van der Waals surface area contributed by atoms with E-state index in [4.69, 9.17) is 5.73 Å². The van der Waals surface area contributed by atoms with Gasteiger partial charge in [0.2, 0.25) is 0 Å². The molecule has 1 aromatic rings. The van der Waals surface area contributed by atoms with E-state index in [-0.39, 0.29) is 12.3 Å². The first kappa shape index (κ1) is 13.1. The Balaban J connectivity index is 3.33. The van der Waals surface area contributed by atoms with Crippen LogP contribution in [-0.4, -0.2) is 24.9 Å². The maximum Gasteiger partial charge on any atom is 0.384 e. The Morgan fingerprint density at radius 2 is 2.29 bits per heavy atom. The van der Waals surface area contributed by atoms with E-state index in [1.54, 1.807) is 0 Å². The number of pyridine rings is 1. The van der Waals surface area contributed by atoms with Gasteiger partial charge < -0.3 is 15.8 Å². The summed E-state index contributed by atoms with van der Waals surface area (Å²) in [5.41, 5.74) is 5.31. The van der Waals surface area contributed by atoms with Gasteiger partial charge in [-0.05, 0) is 16.0 Å². The van der Waals surface area contributed by atoms with Crippen molar-refractivity contribution in [1.29, 1.82) is 0 Å². The maximum absolute atomic E-state index is 11.6. The number of nitro groups is 1. The molecule has 0 fully saturated rings. The predicted molar refractivity (Wildman–Crippen MR) is 58.6 cm³/mol. The summed E-state index contributed by atoms with van der Waals surface area (Å²) >= 11 is 0. The van der Waals surface area contributed by atoms with Crippen LogP contribution in [0.25, 0.3) is 0 Å². The summed E-state index contributed by atoms with van der Waals surface area (Å²) in [5.74, 6) is -0.830. The van der Waals surface area contributed by atoms with Crippen molar-refractivity contribution >= 4 is 21.6 Å². The fourth-order valence-electron chi connectivity index (χ4n) is 0.975. The third-order valence-corrected chi connectivity index (χ3v) is 2.92. The molecule has 0 aliphatic rings. The van der Waals surface area contributed by atoms with Crippen LogP contribution in [-0.2, 0) is 14.3 Å². The zero-order valence-corrected chi connectivity index (χ0v) is 9.38. The molecule has 0 aliphatic heterocycles. The van der Waals surface area contributed by atoms with Crippen molar-refractivity contribution < 1.29 is 17.5 Å². The van der Waals surface area contributed by atoms with Crippen molar-refractivity contribution in [1.82, 2.24) is 4.98 Å². The second kappa shape index (κ2) is 4.89. The molecule has 0 atom stereocenters. The summed E-state index contributed by atoms with van der Waals surface area (Å²) in [6.07, 6.45) is 2.19. The molecule has 0 spiro atoms. The Labute approximate surface area is 97.0 Å². The Morgan fingerprint density at radius 3 is 2.82 bits per heavy atom. The lowest BCUT2D eigenvalue weighted by atomic mass is 10.4. The molecule has 9 heteroatoms. The van der Waals surface area contributed by atoms with Crippen LogP contribution in [0.5, 0.6) is 0 Å². The minimum atomic E-state index is -4.28. The maximum atomic E-state index is 11.6. The highest BCUT2D eigenvalue weighted by molar-refractivity contribution is 7.87. The Bertz CT molecular complexity index is 554. The quantitative estimate of drug-likeness (QED) is 0.352. The van der Waals surface area contributed by atoms with E-state index in [1.807, 2.05) is 0 Å². The first-order valence-corrected chi connectivity index (χ1v) is 5.69. The van der Waals surface area contributed by atoms with E-state index in [9.17, 15) is 18.5 Å². The van der Waals surface area contributed by atoms with Gasteiger partial charge >= 0.3 is 15.9 Å². The Morgan fingerprint density at radius 1 is 1.65 bits per heavy atom. The standard InChI is InChI=1S/C8H9N3O5S/c1-2-3-16-17(14,15)7-4-6(9)5-10-8(7)11(12)13/h2,4-5H,1,3,9H2. The molecule has 0 saturated carbocycles. The fraction of sp³-hybridized carbons (Fsp3) is 0.125. The van der Waals surface area contributed by atoms with Gasteiger partial charge in [0.1, 0.15) is 0 Å². The molecule has 0 amide bonds. The third-order valence-electron chi connectivity index (χ3n) is 1.64. The highest BCUT2D eigenvalue weighted by Crippen LogP contribution is 2.24. The smallest absolute Gasteiger partial charge is 0.384 e. The monoisotopic (exact) mass is 259 g/mol. The van der Waals surface area contributed by atoms with Crippen molar-refractivity contribution in [3.63, 3.8) is 0 Å². The van der Waals surface area contributed by atoms with Gasteiger partial charge in [0, 0.05) is 0 Å². The van der Waals surface area contributed by atoms with Crippen molar-refractivity contribution in [2.75, 3.05) is 12.3 Å². The number of aromatic nitrogens is 1. The molecule has 1 aromatic heterocycles. The number of anilines is 1. The van der Waals surface area contributed by atoms with E-state index in [1.165, 1.54) is 6.08 Å². The van der Waals surface area contributed by atoms with Crippen molar-refractivity contribution in [2.45, 2.75) is 4.90 Å². The zero-order chi connectivity index (χ0) is 13.1. The van der Waals surface area contributed by atoms with Crippen LogP contribution in [0, 0.1) is 10.1 Å². The van der Waals surface area contributed by atoms with E-state index in [2.05, 4.69) is 15.7 Å². The summed E-state index contributed by atoms with van der Waals surface area (Å²) in [4.78, 5) is 12.4. The van der Waals surface area contributed by atoms with E-state index in [0.717, 1.165) is 12.3 Å². The van der Waals surface area contributed by atoms with Crippen molar-refractivity contribution in [2.24, 2.45) is 0 Å². The number of rotatable bonds is 5. The molecule has 0 radical (unpaired) electrons. The first-order valence-electron chi connectivity index (χ1n) is 4.28. The van der Waals surface area contributed by atoms with Crippen LogP contribution in [0.15, 0.2) is 29.8 Å². The largest absolute Gasteiger partial charge is 0.396 e. The van der Waals surface area contributed by atoms with E-state index in [0.29, 0.717) is 0 Å². The molecule has 1 heterocycles. The van der Waals surface area contributed by atoms with Crippen molar-refractivity contribution in [3.05, 3.63) is 35.0 Å². The highest BCUT2D eigenvalue weighted by atomic mass is 32.2. The minimum absolute atomic E-state index is 0.0172. The molecule has 0 aromatic carbocycles. The molecule has 0 bridgehead atoms. The van der Waals surface area contributed by atoms with Gasteiger partial charge in [-0.3, -0.25) is 4.18 Å². The van der Waals surface area contributed by atoms with E-state index < -0.39 is 25.8 Å². The lowest BCUT2D eigenvalue weighted by Crippen LogP contribution is -2.11. The first-order chi connectivity index (χ1) is 7.88. The molecule has 0 aliphatic carbocycles. The predicted octanol–water partition coefficient (Wildman–Crippen LogP) is 0.463. The second-order valence-corrected chi connectivity index (χ2v) is 4.46. The number of hydrogen-bond acceptors (Lipinski definition) is 7. The number of nitrogens with zero attached hydrogens (tertiary/aromatic N) is 2. The average molecular weight is 259 g/mol. The molecule has 0 saturated heterocycles. The highest BCUT2D eigenvalue weighted by Gasteiger charge is 2.28. The van der Waals surface area contributed by atoms with Crippen LogP contribution in [0.3, 0.4) is 0 Å². The third kappa shape index (κ3) is 2.98. The molecule has 8 nitrogen and oxygen atoms in total. The van der Waals surface area contributed by atoms with Gasteiger partial charge in [-0.25, -0.2) is 0 Å². The van der Waals surface area contributed by atoms with Gasteiger partial charge in [0.25, 0.3) is 0 Å². The Hall–Kier alpha value is -2.00. The van der Waals surface area contributed by atoms with Gasteiger partial charge in [0.05, 0.1) is 12.3 Å². The molecule has 17 heavy (non-hydrogen) atoms.